The molecule has 0 aromatic heterocycles. The highest BCUT2D eigenvalue weighted by atomic mass is 16.5. The van der Waals surface area contributed by atoms with Crippen LogP contribution in [0, 0.1) is 5.92 Å². The number of aliphatic hydroxyl groups is 1. The molecule has 2 atom stereocenters. The molecule has 0 bridgehead atoms. The second-order valence-corrected chi connectivity index (χ2v) is 8.28. The maximum atomic E-state index is 11.0. The molecule has 0 fully saturated rings. The van der Waals surface area contributed by atoms with Crippen molar-refractivity contribution in [3.63, 3.8) is 0 Å². The summed E-state index contributed by atoms with van der Waals surface area (Å²) in [5.74, 6) is 1.58. The number of rotatable bonds is 5. The van der Waals surface area contributed by atoms with E-state index < -0.39 is 0 Å². The fourth-order valence-electron chi connectivity index (χ4n) is 4.62. The molecule has 138 valence electrons. The molecule has 2 N–H and O–H groups in total. The smallest absolute Gasteiger partial charge is 0.128 e. The predicted octanol–water partition coefficient (Wildman–Crippen LogP) is 5.23. The molecule has 2 aliphatic rings. The molecule has 1 heterocycles. The molecule has 1 aliphatic heterocycles. The maximum absolute atomic E-state index is 11.0. The molecule has 3 rings (SSSR count). The Kier molecular flexibility index (Phi) is 5.15. The van der Waals surface area contributed by atoms with Crippen LogP contribution in [0.2, 0.25) is 0 Å². The summed E-state index contributed by atoms with van der Waals surface area (Å²) in [4.78, 5) is 0. The highest BCUT2D eigenvalue weighted by molar-refractivity contribution is 5.58. The minimum absolute atomic E-state index is 0.121. The summed E-state index contributed by atoms with van der Waals surface area (Å²) in [7, 11) is 0. The molecule has 1 aliphatic carbocycles. The number of benzene rings is 1. The van der Waals surface area contributed by atoms with E-state index in [-0.39, 0.29) is 23.9 Å². The summed E-state index contributed by atoms with van der Waals surface area (Å²) < 4.78 is 6.38. The van der Waals surface area contributed by atoms with Crippen molar-refractivity contribution in [1.82, 2.24) is 0 Å². The van der Waals surface area contributed by atoms with Crippen molar-refractivity contribution in [3.8, 4) is 11.5 Å². The van der Waals surface area contributed by atoms with Gasteiger partial charge in [0.15, 0.2) is 0 Å². The number of phenols is 1. The normalized spacial score (nSPS) is 24.1. The van der Waals surface area contributed by atoms with Gasteiger partial charge in [0.2, 0.25) is 0 Å². The lowest BCUT2D eigenvalue weighted by atomic mass is 9.67. The predicted molar refractivity (Wildman–Crippen MR) is 101 cm³/mol. The molecule has 25 heavy (non-hydrogen) atoms. The van der Waals surface area contributed by atoms with E-state index in [1.807, 2.05) is 0 Å². The Bertz CT molecular complexity index is 672. The first kappa shape index (κ1) is 18.3. The Hall–Kier alpha value is -1.48. The summed E-state index contributed by atoms with van der Waals surface area (Å²) in [6.45, 7) is 8.55. The van der Waals surface area contributed by atoms with Crippen molar-refractivity contribution in [2.45, 2.75) is 84.3 Å². The summed E-state index contributed by atoms with van der Waals surface area (Å²) in [5, 5.41) is 20.9. The molecule has 0 saturated carbocycles. The standard InChI is InChI=1S/C22H32O3/c1-5-6-7-8-15-12-19-20(21(24)17(15)13-23)16-11-14(2)9-10-18(16)22(3,4)25-19/h11-12,16,18,23-24H,5-10,13H2,1-4H3/t16-,18-/m1/s1. The first-order valence-corrected chi connectivity index (χ1v) is 9.73. The number of aryl methyl sites for hydroxylation is 1. The lowest BCUT2D eigenvalue weighted by Crippen LogP contribution is -2.45. The molecular weight excluding hydrogens is 312 g/mol. The van der Waals surface area contributed by atoms with Gasteiger partial charge >= 0.3 is 0 Å². The summed E-state index contributed by atoms with van der Waals surface area (Å²) in [5.41, 5.74) is 3.72. The third kappa shape index (κ3) is 3.31. The first-order chi connectivity index (χ1) is 11.9. The van der Waals surface area contributed by atoms with Crippen LogP contribution >= 0.6 is 0 Å². The van der Waals surface area contributed by atoms with Gasteiger partial charge in [0.1, 0.15) is 17.1 Å². The minimum Gasteiger partial charge on any atom is -0.507 e. The molecule has 0 spiro atoms. The average Bonchev–Trinajstić information content (AvgIpc) is 2.54. The quantitative estimate of drug-likeness (QED) is 0.568. The Morgan fingerprint density at radius 3 is 2.72 bits per heavy atom. The van der Waals surface area contributed by atoms with Gasteiger partial charge in [0, 0.05) is 23.0 Å². The zero-order valence-corrected chi connectivity index (χ0v) is 16.1. The monoisotopic (exact) mass is 344 g/mol. The van der Waals surface area contributed by atoms with Crippen LogP contribution in [0.15, 0.2) is 17.7 Å². The second-order valence-electron chi connectivity index (χ2n) is 8.28. The average molecular weight is 344 g/mol. The van der Waals surface area contributed by atoms with E-state index >= 15 is 0 Å². The fourth-order valence-corrected chi connectivity index (χ4v) is 4.62. The third-order valence-electron chi connectivity index (χ3n) is 6.05. The van der Waals surface area contributed by atoms with Crippen LogP contribution in [-0.4, -0.2) is 15.8 Å². The van der Waals surface area contributed by atoms with Crippen molar-refractivity contribution in [2.24, 2.45) is 5.92 Å². The molecule has 3 nitrogen and oxygen atoms in total. The molecule has 0 radical (unpaired) electrons. The molecule has 3 heteroatoms. The Labute approximate surface area is 151 Å². The van der Waals surface area contributed by atoms with E-state index in [0.717, 1.165) is 55.4 Å². The van der Waals surface area contributed by atoms with Gasteiger partial charge in [0.25, 0.3) is 0 Å². The Morgan fingerprint density at radius 2 is 2.04 bits per heavy atom. The van der Waals surface area contributed by atoms with Gasteiger partial charge < -0.3 is 14.9 Å². The number of ether oxygens (including phenoxy) is 1. The fraction of sp³-hybridized carbons (Fsp3) is 0.636. The highest BCUT2D eigenvalue weighted by Gasteiger charge is 2.45. The van der Waals surface area contributed by atoms with Crippen LogP contribution in [0.25, 0.3) is 0 Å². The largest absolute Gasteiger partial charge is 0.507 e. The zero-order valence-electron chi connectivity index (χ0n) is 16.1. The lowest BCUT2D eigenvalue weighted by molar-refractivity contribution is 0.0105. The number of hydrogen-bond acceptors (Lipinski definition) is 3. The minimum atomic E-state index is -0.247. The van der Waals surface area contributed by atoms with Gasteiger partial charge in [-0.25, -0.2) is 0 Å². The van der Waals surface area contributed by atoms with Gasteiger partial charge in [-0.05, 0) is 58.1 Å². The first-order valence-electron chi connectivity index (χ1n) is 9.73. The summed E-state index contributed by atoms with van der Waals surface area (Å²) in [6, 6.07) is 2.08. The number of hydrogen-bond donors (Lipinski definition) is 2. The summed E-state index contributed by atoms with van der Waals surface area (Å²) in [6.07, 6.45) is 8.71. The van der Waals surface area contributed by atoms with E-state index in [1.54, 1.807) is 0 Å². The number of aromatic hydroxyl groups is 1. The van der Waals surface area contributed by atoms with Crippen LogP contribution in [0.4, 0.5) is 0 Å². The Balaban J connectivity index is 2.10. The zero-order chi connectivity index (χ0) is 18.2. The van der Waals surface area contributed by atoms with Gasteiger partial charge in [0.05, 0.1) is 6.61 Å². The van der Waals surface area contributed by atoms with E-state index in [4.69, 9.17) is 4.74 Å². The van der Waals surface area contributed by atoms with Crippen LogP contribution < -0.4 is 4.74 Å². The maximum Gasteiger partial charge on any atom is 0.128 e. The van der Waals surface area contributed by atoms with Crippen molar-refractivity contribution >= 4 is 0 Å². The molecule has 0 amide bonds. The van der Waals surface area contributed by atoms with Crippen molar-refractivity contribution < 1.29 is 14.9 Å². The molecule has 0 unspecified atom stereocenters. The van der Waals surface area contributed by atoms with Gasteiger partial charge in [-0.1, -0.05) is 31.4 Å². The van der Waals surface area contributed by atoms with Crippen molar-refractivity contribution in [3.05, 3.63) is 34.4 Å². The van der Waals surface area contributed by atoms with E-state index in [9.17, 15) is 10.2 Å². The van der Waals surface area contributed by atoms with Gasteiger partial charge in [-0.3, -0.25) is 0 Å². The third-order valence-corrected chi connectivity index (χ3v) is 6.05. The molecular formula is C22H32O3. The topological polar surface area (TPSA) is 49.7 Å². The van der Waals surface area contributed by atoms with E-state index in [0.29, 0.717) is 11.5 Å². The molecule has 0 saturated heterocycles. The van der Waals surface area contributed by atoms with Gasteiger partial charge in [-0.2, -0.15) is 0 Å². The SMILES string of the molecule is CCCCCc1cc2c(c(O)c1CO)[C@@H]1C=C(C)CC[C@H]1C(C)(C)O2. The number of fused-ring (bicyclic) bond motifs is 3. The summed E-state index contributed by atoms with van der Waals surface area (Å²) >= 11 is 0. The lowest BCUT2D eigenvalue weighted by Gasteiger charge is -2.46. The van der Waals surface area contributed by atoms with E-state index in [1.165, 1.54) is 5.57 Å². The molecule has 1 aromatic carbocycles. The van der Waals surface area contributed by atoms with Crippen LogP contribution in [0.5, 0.6) is 11.5 Å². The number of allylic oxidation sites excluding steroid dienone is 2. The second kappa shape index (κ2) is 7.03. The van der Waals surface area contributed by atoms with E-state index in [2.05, 4.69) is 39.8 Å². The number of unbranched alkanes of at least 4 members (excludes halogenated alkanes) is 2. The van der Waals surface area contributed by atoms with Crippen molar-refractivity contribution in [2.75, 3.05) is 0 Å². The van der Waals surface area contributed by atoms with Crippen LogP contribution in [0.3, 0.4) is 0 Å². The Morgan fingerprint density at radius 1 is 1.28 bits per heavy atom. The van der Waals surface area contributed by atoms with Crippen molar-refractivity contribution in [1.29, 1.82) is 0 Å². The highest BCUT2D eigenvalue weighted by Crippen LogP contribution is 2.54. The van der Waals surface area contributed by atoms with Gasteiger partial charge in [-0.15, -0.1) is 0 Å². The number of aliphatic hydroxyl groups excluding tert-OH is 1. The molecule has 1 aromatic rings. The van der Waals surface area contributed by atoms with Crippen LogP contribution in [-0.2, 0) is 13.0 Å². The van der Waals surface area contributed by atoms with Crippen LogP contribution in [0.1, 0.15) is 82.4 Å².